The number of hydrogen-bond donors (Lipinski definition) is 1. The minimum absolute atomic E-state index is 0.303. The Bertz CT molecular complexity index is 371. The van der Waals surface area contributed by atoms with Crippen LogP contribution in [0.5, 0.6) is 0 Å². The maximum absolute atomic E-state index is 12.2. The SMILES string of the molecule is CC(C)NCc1ccc(CN(C)CC(F)(F)F)cc1. The Morgan fingerprint density at radius 2 is 1.63 bits per heavy atom. The first-order chi connectivity index (χ1) is 8.76. The number of hydrogen-bond acceptors (Lipinski definition) is 2. The molecule has 0 radical (unpaired) electrons. The molecule has 0 saturated heterocycles. The lowest BCUT2D eigenvalue weighted by Crippen LogP contribution is -2.30. The van der Waals surface area contributed by atoms with Crippen molar-refractivity contribution in [1.29, 1.82) is 0 Å². The standard InChI is InChI=1S/C14H21F3N2/c1-11(2)18-8-12-4-6-13(7-5-12)9-19(3)10-14(15,16)17/h4-7,11,18H,8-10H2,1-3H3. The van der Waals surface area contributed by atoms with Crippen LogP contribution in [0.25, 0.3) is 0 Å². The number of rotatable bonds is 6. The molecule has 1 aromatic rings. The Kier molecular flexibility index (Phi) is 5.82. The maximum Gasteiger partial charge on any atom is 0.401 e. The molecule has 1 rings (SSSR count). The van der Waals surface area contributed by atoms with Crippen LogP contribution in [0.4, 0.5) is 13.2 Å². The van der Waals surface area contributed by atoms with Gasteiger partial charge in [0.05, 0.1) is 6.54 Å². The molecule has 1 N–H and O–H groups in total. The molecule has 0 heterocycles. The van der Waals surface area contributed by atoms with Gasteiger partial charge >= 0.3 is 6.18 Å². The first-order valence-corrected chi connectivity index (χ1v) is 6.33. The van der Waals surface area contributed by atoms with Crippen LogP contribution in [0.1, 0.15) is 25.0 Å². The smallest absolute Gasteiger partial charge is 0.310 e. The van der Waals surface area contributed by atoms with Gasteiger partial charge in [0.1, 0.15) is 0 Å². The van der Waals surface area contributed by atoms with Gasteiger partial charge in [0.25, 0.3) is 0 Å². The third-order valence-corrected chi connectivity index (χ3v) is 2.64. The van der Waals surface area contributed by atoms with Crippen molar-refractivity contribution in [3.63, 3.8) is 0 Å². The van der Waals surface area contributed by atoms with Crippen LogP contribution in [-0.4, -0.2) is 30.7 Å². The summed E-state index contributed by atoms with van der Waals surface area (Å²) in [5.41, 5.74) is 2.02. The number of benzene rings is 1. The average Bonchev–Trinajstić information content (AvgIpc) is 2.25. The molecule has 0 aromatic heterocycles. The van der Waals surface area contributed by atoms with Crippen molar-refractivity contribution in [2.24, 2.45) is 0 Å². The second-order valence-electron chi connectivity index (χ2n) is 5.14. The Hall–Kier alpha value is -1.07. The molecule has 0 spiro atoms. The van der Waals surface area contributed by atoms with Gasteiger partial charge in [-0.05, 0) is 18.2 Å². The Balaban J connectivity index is 2.48. The molecule has 0 amide bonds. The molecule has 0 aliphatic rings. The summed E-state index contributed by atoms with van der Waals surface area (Å²) in [6, 6.07) is 8.07. The van der Waals surface area contributed by atoms with Crippen molar-refractivity contribution < 1.29 is 13.2 Å². The zero-order valence-corrected chi connectivity index (χ0v) is 11.6. The Labute approximate surface area is 112 Å². The van der Waals surface area contributed by atoms with Gasteiger partial charge in [0, 0.05) is 19.1 Å². The molecule has 0 bridgehead atoms. The van der Waals surface area contributed by atoms with Crippen LogP contribution >= 0.6 is 0 Å². The van der Waals surface area contributed by atoms with Gasteiger partial charge in [-0.3, -0.25) is 4.90 Å². The highest BCUT2D eigenvalue weighted by molar-refractivity contribution is 5.22. The van der Waals surface area contributed by atoms with Crippen molar-refractivity contribution in [2.75, 3.05) is 13.6 Å². The average molecular weight is 274 g/mol. The van der Waals surface area contributed by atoms with Crippen LogP contribution in [-0.2, 0) is 13.1 Å². The van der Waals surface area contributed by atoms with E-state index >= 15 is 0 Å². The van der Waals surface area contributed by atoms with Gasteiger partial charge in [-0.1, -0.05) is 38.1 Å². The van der Waals surface area contributed by atoms with E-state index in [1.807, 2.05) is 24.3 Å². The number of halogens is 3. The van der Waals surface area contributed by atoms with Gasteiger partial charge in [-0.25, -0.2) is 0 Å². The fourth-order valence-corrected chi connectivity index (χ4v) is 1.76. The molecule has 0 aliphatic carbocycles. The molecular formula is C14H21F3N2. The van der Waals surface area contributed by atoms with Gasteiger partial charge in [0.15, 0.2) is 0 Å². The molecule has 0 fully saturated rings. The summed E-state index contributed by atoms with van der Waals surface area (Å²) in [5, 5.41) is 3.29. The number of nitrogens with zero attached hydrogens (tertiary/aromatic N) is 1. The van der Waals surface area contributed by atoms with Crippen LogP contribution < -0.4 is 5.32 Å². The topological polar surface area (TPSA) is 15.3 Å². The zero-order chi connectivity index (χ0) is 14.5. The molecule has 0 atom stereocenters. The third-order valence-electron chi connectivity index (χ3n) is 2.64. The highest BCUT2D eigenvalue weighted by Crippen LogP contribution is 2.17. The summed E-state index contributed by atoms with van der Waals surface area (Å²) in [6.07, 6.45) is -4.14. The lowest BCUT2D eigenvalue weighted by molar-refractivity contribution is -0.144. The monoisotopic (exact) mass is 274 g/mol. The second-order valence-corrected chi connectivity index (χ2v) is 5.14. The predicted octanol–water partition coefficient (Wildman–Crippen LogP) is 3.18. The quantitative estimate of drug-likeness (QED) is 0.857. The normalized spacial score (nSPS) is 12.4. The molecule has 0 aliphatic heterocycles. The highest BCUT2D eigenvalue weighted by atomic mass is 19.4. The fraction of sp³-hybridized carbons (Fsp3) is 0.571. The molecule has 5 heteroatoms. The third kappa shape index (κ3) is 7.18. The fourth-order valence-electron chi connectivity index (χ4n) is 1.76. The summed E-state index contributed by atoms with van der Waals surface area (Å²) in [4.78, 5) is 1.27. The van der Waals surface area contributed by atoms with Crippen molar-refractivity contribution in [3.05, 3.63) is 35.4 Å². The van der Waals surface area contributed by atoms with E-state index in [1.165, 1.54) is 11.9 Å². The highest BCUT2D eigenvalue weighted by Gasteiger charge is 2.28. The van der Waals surface area contributed by atoms with Crippen molar-refractivity contribution in [3.8, 4) is 0 Å². The summed E-state index contributed by atoms with van der Waals surface area (Å²) in [5.74, 6) is 0. The molecule has 1 aromatic carbocycles. The van der Waals surface area contributed by atoms with E-state index in [4.69, 9.17) is 0 Å². The first-order valence-electron chi connectivity index (χ1n) is 6.33. The minimum atomic E-state index is -4.14. The lowest BCUT2D eigenvalue weighted by atomic mass is 10.1. The lowest BCUT2D eigenvalue weighted by Gasteiger charge is -2.18. The summed E-state index contributed by atoms with van der Waals surface area (Å²) < 4.78 is 36.6. The van der Waals surface area contributed by atoms with Gasteiger partial charge in [-0.2, -0.15) is 13.2 Å². The van der Waals surface area contributed by atoms with Crippen LogP contribution in [0.3, 0.4) is 0 Å². The van der Waals surface area contributed by atoms with Crippen molar-refractivity contribution >= 4 is 0 Å². The van der Waals surface area contributed by atoms with Gasteiger partial charge in [0.2, 0.25) is 0 Å². The molecular weight excluding hydrogens is 253 g/mol. The maximum atomic E-state index is 12.2. The van der Waals surface area contributed by atoms with Gasteiger partial charge < -0.3 is 5.32 Å². The van der Waals surface area contributed by atoms with Crippen LogP contribution in [0, 0.1) is 0 Å². The molecule has 19 heavy (non-hydrogen) atoms. The van der Waals surface area contributed by atoms with E-state index in [0.717, 1.165) is 17.7 Å². The van der Waals surface area contributed by atoms with Crippen LogP contribution in [0.15, 0.2) is 24.3 Å². The predicted molar refractivity (Wildman–Crippen MR) is 70.8 cm³/mol. The molecule has 0 unspecified atom stereocenters. The largest absolute Gasteiger partial charge is 0.401 e. The van der Waals surface area contributed by atoms with Crippen molar-refractivity contribution in [1.82, 2.24) is 10.2 Å². The van der Waals surface area contributed by atoms with Gasteiger partial charge in [-0.15, -0.1) is 0 Å². The van der Waals surface area contributed by atoms with E-state index in [2.05, 4.69) is 19.2 Å². The minimum Gasteiger partial charge on any atom is -0.310 e. The number of nitrogens with one attached hydrogen (secondary N) is 1. The van der Waals surface area contributed by atoms with E-state index in [9.17, 15) is 13.2 Å². The summed E-state index contributed by atoms with van der Waals surface area (Å²) in [7, 11) is 1.47. The molecule has 0 saturated carbocycles. The molecule has 2 nitrogen and oxygen atoms in total. The Morgan fingerprint density at radius 3 is 2.11 bits per heavy atom. The van der Waals surface area contributed by atoms with E-state index in [1.54, 1.807) is 0 Å². The van der Waals surface area contributed by atoms with Crippen molar-refractivity contribution in [2.45, 2.75) is 39.2 Å². The molecule has 108 valence electrons. The second kappa shape index (κ2) is 6.91. The first kappa shape index (κ1) is 16.0. The van der Waals surface area contributed by atoms with E-state index < -0.39 is 12.7 Å². The Morgan fingerprint density at radius 1 is 1.11 bits per heavy atom. The van der Waals surface area contributed by atoms with E-state index in [0.29, 0.717) is 12.6 Å². The van der Waals surface area contributed by atoms with Crippen LogP contribution in [0.2, 0.25) is 0 Å². The number of alkyl halides is 3. The van der Waals surface area contributed by atoms with E-state index in [-0.39, 0.29) is 0 Å². The zero-order valence-electron chi connectivity index (χ0n) is 11.6. The summed E-state index contributed by atoms with van der Waals surface area (Å²) >= 11 is 0. The summed E-state index contributed by atoms with van der Waals surface area (Å²) in [6.45, 7) is 4.33.